The Balaban J connectivity index is 2.05. The molecule has 1 saturated carbocycles. The number of carbonyl (C=O) groups excluding carboxylic acids is 1. The van der Waals surface area contributed by atoms with Crippen molar-refractivity contribution in [3.63, 3.8) is 0 Å². The molecule has 0 heterocycles. The largest absolute Gasteiger partial charge is 0.397 e. The smallest absolute Gasteiger partial charge is 0.241 e. The van der Waals surface area contributed by atoms with Gasteiger partial charge in [0.25, 0.3) is 0 Å². The molecule has 1 aromatic rings. The molecule has 4 nitrogen and oxygen atoms in total. The number of hydrogen-bond donors (Lipinski definition) is 2. The van der Waals surface area contributed by atoms with Crippen molar-refractivity contribution in [2.75, 3.05) is 17.6 Å². The van der Waals surface area contributed by atoms with Crippen LogP contribution in [0.15, 0.2) is 18.2 Å². The molecule has 1 aliphatic carbocycles. The van der Waals surface area contributed by atoms with E-state index >= 15 is 0 Å². The van der Waals surface area contributed by atoms with Crippen molar-refractivity contribution >= 4 is 28.9 Å². The highest BCUT2D eigenvalue weighted by Gasteiger charge is 2.35. The van der Waals surface area contributed by atoms with E-state index in [0.29, 0.717) is 28.4 Å². The summed E-state index contributed by atoms with van der Waals surface area (Å²) in [6.45, 7) is 7.24. The average molecular weight is 310 g/mol. The summed E-state index contributed by atoms with van der Waals surface area (Å²) < 4.78 is 0. The van der Waals surface area contributed by atoms with Gasteiger partial charge in [-0.3, -0.25) is 9.69 Å². The molecule has 0 bridgehead atoms. The SMILES string of the molecule is CC(C)CN(C1CC1)C(C)C(=O)Nc1cc(Cl)ccc1N. The number of nitrogens with one attached hydrogen (secondary N) is 1. The van der Waals surface area contributed by atoms with Crippen molar-refractivity contribution in [1.29, 1.82) is 0 Å². The summed E-state index contributed by atoms with van der Waals surface area (Å²) in [6.07, 6.45) is 2.37. The summed E-state index contributed by atoms with van der Waals surface area (Å²) in [7, 11) is 0. The first-order valence-corrected chi connectivity index (χ1v) is 7.88. The molecular weight excluding hydrogens is 286 g/mol. The van der Waals surface area contributed by atoms with Crippen LogP contribution in [0, 0.1) is 5.92 Å². The molecule has 1 atom stereocenters. The Hall–Kier alpha value is -1.26. The molecule has 3 N–H and O–H groups in total. The number of nitrogens with zero attached hydrogens (tertiary/aromatic N) is 1. The van der Waals surface area contributed by atoms with Gasteiger partial charge in [-0.2, -0.15) is 0 Å². The highest BCUT2D eigenvalue weighted by molar-refractivity contribution is 6.31. The molecule has 21 heavy (non-hydrogen) atoms. The molecule has 1 amide bonds. The Bertz CT molecular complexity index is 514. The molecule has 5 heteroatoms. The van der Waals surface area contributed by atoms with Crippen molar-refractivity contribution < 1.29 is 4.79 Å². The lowest BCUT2D eigenvalue weighted by Crippen LogP contribution is -2.45. The second kappa shape index (κ2) is 6.67. The second-order valence-corrected chi connectivity index (χ2v) is 6.66. The maximum Gasteiger partial charge on any atom is 0.241 e. The van der Waals surface area contributed by atoms with Gasteiger partial charge in [-0.05, 0) is 43.9 Å². The van der Waals surface area contributed by atoms with Crippen molar-refractivity contribution in [3.8, 4) is 0 Å². The van der Waals surface area contributed by atoms with Gasteiger partial charge in [0.1, 0.15) is 0 Å². The highest BCUT2D eigenvalue weighted by Crippen LogP contribution is 2.30. The number of hydrogen-bond acceptors (Lipinski definition) is 3. The van der Waals surface area contributed by atoms with E-state index in [-0.39, 0.29) is 11.9 Å². The third kappa shape index (κ3) is 4.35. The van der Waals surface area contributed by atoms with E-state index in [1.54, 1.807) is 18.2 Å². The Morgan fingerprint density at radius 1 is 1.43 bits per heavy atom. The van der Waals surface area contributed by atoms with Crippen LogP contribution in [0.25, 0.3) is 0 Å². The van der Waals surface area contributed by atoms with E-state index in [0.717, 1.165) is 6.54 Å². The normalized spacial score (nSPS) is 16.3. The number of anilines is 2. The Morgan fingerprint density at radius 2 is 2.10 bits per heavy atom. The molecular formula is C16H24ClN3O. The highest BCUT2D eigenvalue weighted by atomic mass is 35.5. The van der Waals surface area contributed by atoms with Crippen LogP contribution in [0.1, 0.15) is 33.6 Å². The molecule has 1 fully saturated rings. The zero-order chi connectivity index (χ0) is 15.6. The van der Waals surface area contributed by atoms with Crippen LogP contribution >= 0.6 is 11.6 Å². The van der Waals surface area contributed by atoms with Crippen LogP contribution in [-0.4, -0.2) is 29.4 Å². The molecule has 0 radical (unpaired) electrons. The maximum absolute atomic E-state index is 12.5. The lowest BCUT2D eigenvalue weighted by molar-refractivity contribution is -0.121. The van der Waals surface area contributed by atoms with E-state index in [4.69, 9.17) is 17.3 Å². The summed E-state index contributed by atoms with van der Waals surface area (Å²) in [4.78, 5) is 14.8. The molecule has 1 aromatic carbocycles. The van der Waals surface area contributed by atoms with Gasteiger partial charge in [0.2, 0.25) is 5.91 Å². The molecule has 2 rings (SSSR count). The van der Waals surface area contributed by atoms with Crippen molar-refractivity contribution in [3.05, 3.63) is 23.2 Å². The van der Waals surface area contributed by atoms with Gasteiger partial charge in [0.15, 0.2) is 0 Å². The first-order chi connectivity index (χ1) is 9.88. The number of rotatable bonds is 6. The van der Waals surface area contributed by atoms with Gasteiger partial charge in [-0.25, -0.2) is 0 Å². The van der Waals surface area contributed by atoms with Crippen LogP contribution in [0.5, 0.6) is 0 Å². The van der Waals surface area contributed by atoms with Gasteiger partial charge < -0.3 is 11.1 Å². The molecule has 116 valence electrons. The zero-order valence-electron chi connectivity index (χ0n) is 12.9. The number of carbonyl (C=O) groups is 1. The predicted molar refractivity (Wildman–Crippen MR) is 88.5 cm³/mol. The Labute approximate surface area is 131 Å². The van der Waals surface area contributed by atoms with Crippen LogP contribution in [0.4, 0.5) is 11.4 Å². The zero-order valence-corrected chi connectivity index (χ0v) is 13.7. The van der Waals surface area contributed by atoms with Gasteiger partial charge in [-0.1, -0.05) is 25.4 Å². The molecule has 0 aromatic heterocycles. The number of benzene rings is 1. The fourth-order valence-corrected chi connectivity index (χ4v) is 2.65. The lowest BCUT2D eigenvalue weighted by atomic mass is 10.1. The summed E-state index contributed by atoms with van der Waals surface area (Å²) in [5.41, 5.74) is 6.99. The molecule has 1 unspecified atom stereocenters. The summed E-state index contributed by atoms with van der Waals surface area (Å²) in [5, 5.41) is 3.46. The molecule has 0 spiro atoms. The van der Waals surface area contributed by atoms with E-state index in [2.05, 4.69) is 24.1 Å². The molecule has 0 aliphatic heterocycles. The fourth-order valence-electron chi connectivity index (χ4n) is 2.48. The van der Waals surface area contributed by atoms with E-state index in [1.807, 2.05) is 6.92 Å². The van der Waals surface area contributed by atoms with Crippen molar-refractivity contribution in [1.82, 2.24) is 4.90 Å². The van der Waals surface area contributed by atoms with Gasteiger partial charge in [-0.15, -0.1) is 0 Å². The van der Waals surface area contributed by atoms with Crippen LogP contribution in [0.2, 0.25) is 5.02 Å². The molecule has 1 aliphatic rings. The van der Waals surface area contributed by atoms with Crippen molar-refractivity contribution in [2.24, 2.45) is 5.92 Å². The third-order valence-corrected chi connectivity index (χ3v) is 3.98. The van der Waals surface area contributed by atoms with Crippen LogP contribution in [-0.2, 0) is 4.79 Å². The summed E-state index contributed by atoms with van der Waals surface area (Å²) in [5.74, 6) is 0.508. The predicted octanol–water partition coefficient (Wildman–Crippen LogP) is 3.37. The van der Waals surface area contributed by atoms with E-state index in [1.165, 1.54) is 12.8 Å². The number of nitrogen functional groups attached to an aromatic ring is 1. The minimum absolute atomic E-state index is 0.0310. The lowest BCUT2D eigenvalue weighted by Gasteiger charge is -2.29. The second-order valence-electron chi connectivity index (χ2n) is 6.22. The third-order valence-electron chi connectivity index (χ3n) is 3.74. The van der Waals surface area contributed by atoms with Gasteiger partial charge >= 0.3 is 0 Å². The number of amides is 1. The number of halogens is 1. The standard InChI is InChI=1S/C16H24ClN3O/c1-10(2)9-20(13-5-6-13)11(3)16(21)19-15-8-12(17)4-7-14(15)18/h4,7-8,10-11,13H,5-6,9,18H2,1-3H3,(H,19,21). The summed E-state index contributed by atoms with van der Waals surface area (Å²) >= 11 is 5.95. The van der Waals surface area contributed by atoms with Crippen LogP contribution in [0.3, 0.4) is 0 Å². The average Bonchev–Trinajstić information content (AvgIpc) is 3.23. The minimum Gasteiger partial charge on any atom is -0.397 e. The fraction of sp³-hybridized carbons (Fsp3) is 0.562. The maximum atomic E-state index is 12.5. The first kappa shape index (κ1) is 16.1. The van der Waals surface area contributed by atoms with E-state index in [9.17, 15) is 4.79 Å². The minimum atomic E-state index is -0.168. The number of nitrogens with two attached hydrogens (primary N) is 1. The first-order valence-electron chi connectivity index (χ1n) is 7.50. The van der Waals surface area contributed by atoms with Crippen LogP contribution < -0.4 is 11.1 Å². The topological polar surface area (TPSA) is 58.4 Å². The molecule has 0 saturated heterocycles. The Morgan fingerprint density at radius 3 is 2.67 bits per heavy atom. The van der Waals surface area contributed by atoms with Gasteiger partial charge in [0.05, 0.1) is 17.4 Å². The monoisotopic (exact) mass is 309 g/mol. The van der Waals surface area contributed by atoms with Crippen molar-refractivity contribution in [2.45, 2.75) is 45.7 Å². The van der Waals surface area contributed by atoms with E-state index < -0.39 is 0 Å². The Kier molecular flexibility index (Phi) is 5.12. The quantitative estimate of drug-likeness (QED) is 0.792. The summed E-state index contributed by atoms with van der Waals surface area (Å²) in [6, 6.07) is 5.48. The van der Waals surface area contributed by atoms with Gasteiger partial charge in [0, 0.05) is 17.6 Å².